The summed E-state index contributed by atoms with van der Waals surface area (Å²) in [6.07, 6.45) is 0.962. The number of hydrogen-bond donors (Lipinski definition) is 0. The number of fused-ring (bicyclic) bond motifs is 1. The van der Waals surface area contributed by atoms with Crippen LogP contribution in [0, 0.1) is 0 Å². The summed E-state index contributed by atoms with van der Waals surface area (Å²) in [7, 11) is 2.57. The highest BCUT2D eigenvalue weighted by atomic mass is 31.1. The second-order valence-electron chi connectivity index (χ2n) is 6.04. The summed E-state index contributed by atoms with van der Waals surface area (Å²) < 4.78 is 17.4. The Kier molecular flexibility index (Phi) is 4.81. The lowest BCUT2D eigenvalue weighted by molar-refractivity contribution is 0.359. The predicted molar refractivity (Wildman–Crippen MR) is 107 cm³/mol. The molecular formula is C22H21O3P. The van der Waals surface area contributed by atoms with Gasteiger partial charge in [-0.2, -0.15) is 0 Å². The minimum atomic E-state index is -0.877. The molecule has 0 N–H and O–H groups in total. The van der Waals surface area contributed by atoms with Gasteiger partial charge >= 0.3 is 0 Å². The summed E-state index contributed by atoms with van der Waals surface area (Å²) >= 11 is 0. The van der Waals surface area contributed by atoms with Gasteiger partial charge in [0, 0.05) is 22.3 Å². The molecule has 3 aromatic carbocycles. The van der Waals surface area contributed by atoms with Crippen molar-refractivity contribution in [3.63, 3.8) is 0 Å². The molecule has 0 spiro atoms. The van der Waals surface area contributed by atoms with Crippen molar-refractivity contribution in [3.8, 4) is 17.2 Å². The Morgan fingerprint density at radius 2 is 1.31 bits per heavy atom. The topological polar surface area (TPSA) is 27.7 Å². The van der Waals surface area contributed by atoms with E-state index in [2.05, 4.69) is 42.5 Å². The Morgan fingerprint density at radius 1 is 0.731 bits per heavy atom. The van der Waals surface area contributed by atoms with Gasteiger partial charge in [0.2, 0.25) is 0 Å². The van der Waals surface area contributed by atoms with Gasteiger partial charge in [-0.05, 0) is 25.6 Å². The van der Waals surface area contributed by atoms with E-state index in [9.17, 15) is 0 Å². The van der Waals surface area contributed by atoms with Crippen LogP contribution in [0.5, 0.6) is 17.2 Å². The monoisotopic (exact) mass is 364 g/mol. The van der Waals surface area contributed by atoms with E-state index in [1.54, 1.807) is 14.2 Å². The molecule has 0 bridgehead atoms. The van der Waals surface area contributed by atoms with Crippen molar-refractivity contribution in [1.29, 1.82) is 0 Å². The van der Waals surface area contributed by atoms with Crippen LogP contribution in [0.1, 0.15) is 5.56 Å². The zero-order valence-corrected chi connectivity index (χ0v) is 15.8. The summed E-state index contributed by atoms with van der Waals surface area (Å²) in [6.45, 7) is 0.743. The Labute approximate surface area is 155 Å². The van der Waals surface area contributed by atoms with Gasteiger partial charge in [-0.25, -0.2) is 0 Å². The number of benzene rings is 3. The number of para-hydroxylation sites is 3. The fourth-order valence-electron chi connectivity index (χ4n) is 3.39. The van der Waals surface area contributed by atoms with Crippen LogP contribution in [0.4, 0.5) is 0 Å². The summed E-state index contributed by atoms with van der Waals surface area (Å²) in [5.74, 6) is 2.80. The molecule has 26 heavy (non-hydrogen) atoms. The third-order valence-electron chi connectivity index (χ3n) is 4.59. The molecule has 4 heteroatoms. The molecule has 0 radical (unpaired) electrons. The summed E-state index contributed by atoms with van der Waals surface area (Å²) in [5.41, 5.74) is 1.28. The average Bonchev–Trinajstić information content (AvgIpc) is 3.18. The highest BCUT2D eigenvalue weighted by Crippen LogP contribution is 2.43. The normalized spacial score (nSPS) is 12.6. The minimum absolute atomic E-state index is 0.743. The Hall–Kier alpha value is -2.51. The van der Waals surface area contributed by atoms with E-state index < -0.39 is 7.92 Å². The molecule has 4 rings (SSSR count). The first-order valence-corrected chi connectivity index (χ1v) is 9.98. The number of rotatable bonds is 5. The van der Waals surface area contributed by atoms with Gasteiger partial charge in [0.05, 0.1) is 20.8 Å². The van der Waals surface area contributed by atoms with E-state index in [1.807, 2.05) is 24.3 Å². The fraction of sp³-hybridized carbons (Fsp3) is 0.182. The van der Waals surface area contributed by atoms with Crippen molar-refractivity contribution in [2.24, 2.45) is 0 Å². The molecule has 0 saturated carbocycles. The first-order valence-electron chi connectivity index (χ1n) is 8.64. The molecule has 0 aromatic heterocycles. The van der Waals surface area contributed by atoms with Crippen LogP contribution in [0.25, 0.3) is 0 Å². The van der Waals surface area contributed by atoms with Crippen molar-refractivity contribution in [2.75, 3.05) is 20.8 Å². The zero-order chi connectivity index (χ0) is 17.9. The van der Waals surface area contributed by atoms with Gasteiger partial charge in [0.25, 0.3) is 0 Å². The van der Waals surface area contributed by atoms with Crippen LogP contribution in [-0.2, 0) is 6.42 Å². The predicted octanol–water partition coefficient (Wildman–Crippen LogP) is 3.40. The molecule has 0 unspecified atom stereocenters. The van der Waals surface area contributed by atoms with Gasteiger partial charge < -0.3 is 14.2 Å². The number of ether oxygens (including phenoxy) is 3. The molecule has 1 heterocycles. The molecule has 0 atom stereocenters. The molecule has 0 amide bonds. The SMILES string of the molecule is COc1ccccc1P(c1ccccc1OC)c1cccc2c1OCC2. The lowest BCUT2D eigenvalue weighted by atomic mass is 10.2. The van der Waals surface area contributed by atoms with Crippen molar-refractivity contribution in [1.82, 2.24) is 0 Å². The van der Waals surface area contributed by atoms with Gasteiger partial charge in [-0.15, -0.1) is 0 Å². The summed E-state index contributed by atoms with van der Waals surface area (Å²) in [5, 5.41) is 3.54. The highest BCUT2D eigenvalue weighted by molar-refractivity contribution is 7.80. The van der Waals surface area contributed by atoms with Crippen LogP contribution in [0.2, 0.25) is 0 Å². The fourth-order valence-corrected chi connectivity index (χ4v) is 6.06. The molecular weight excluding hydrogens is 343 g/mol. The quantitative estimate of drug-likeness (QED) is 0.650. The first kappa shape index (κ1) is 16.9. The van der Waals surface area contributed by atoms with Gasteiger partial charge in [-0.1, -0.05) is 54.6 Å². The van der Waals surface area contributed by atoms with Crippen LogP contribution < -0.4 is 30.1 Å². The van der Waals surface area contributed by atoms with Crippen molar-refractivity contribution in [3.05, 3.63) is 72.3 Å². The zero-order valence-electron chi connectivity index (χ0n) is 14.9. The standard InChI is InChI=1S/C22H21O3P/c1-23-17-9-3-5-11-19(17)26(20-12-6-4-10-18(20)24-2)21-13-7-8-16-14-15-25-22(16)21/h3-13H,14-15H2,1-2H3. The molecule has 0 aliphatic carbocycles. The smallest absolute Gasteiger partial charge is 0.130 e. The highest BCUT2D eigenvalue weighted by Gasteiger charge is 2.28. The second-order valence-corrected chi connectivity index (χ2v) is 8.16. The van der Waals surface area contributed by atoms with E-state index in [4.69, 9.17) is 14.2 Å². The maximum atomic E-state index is 6.04. The molecule has 0 saturated heterocycles. The largest absolute Gasteiger partial charge is 0.496 e. The maximum Gasteiger partial charge on any atom is 0.130 e. The van der Waals surface area contributed by atoms with E-state index >= 15 is 0 Å². The average molecular weight is 364 g/mol. The van der Waals surface area contributed by atoms with Gasteiger partial charge in [-0.3, -0.25) is 0 Å². The third kappa shape index (κ3) is 2.93. The minimum Gasteiger partial charge on any atom is -0.496 e. The van der Waals surface area contributed by atoms with Crippen molar-refractivity contribution in [2.45, 2.75) is 6.42 Å². The Bertz CT molecular complexity index is 875. The molecule has 3 nitrogen and oxygen atoms in total. The number of hydrogen-bond acceptors (Lipinski definition) is 3. The molecule has 132 valence electrons. The lowest BCUT2D eigenvalue weighted by Gasteiger charge is -2.24. The molecule has 0 fully saturated rings. The lowest BCUT2D eigenvalue weighted by Crippen LogP contribution is -2.24. The van der Waals surface area contributed by atoms with Crippen LogP contribution >= 0.6 is 7.92 Å². The Balaban J connectivity index is 1.98. The van der Waals surface area contributed by atoms with E-state index in [0.717, 1.165) is 30.3 Å². The Morgan fingerprint density at radius 3 is 1.92 bits per heavy atom. The molecule has 1 aliphatic heterocycles. The van der Waals surface area contributed by atoms with Crippen LogP contribution in [0.3, 0.4) is 0 Å². The van der Waals surface area contributed by atoms with Gasteiger partial charge in [0.15, 0.2) is 0 Å². The van der Waals surface area contributed by atoms with Gasteiger partial charge in [0.1, 0.15) is 17.2 Å². The van der Waals surface area contributed by atoms with E-state index in [-0.39, 0.29) is 0 Å². The molecule has 1 aliphatic rings. The van der Waals surface area contributed by atoms with Crippen LogP contribution in [-0.4, -0.2) is 20.8 Å². The third-order valence-corrected chi connectivity index (χ3v) is 7.12. The van der Waals surface area contributed by atoms with Crippen LogP contribution in [0.15, 0.2) is 66.7 Å². The number of methoxy groups -OCH3 is 2. The maximum absolute atomic E-state index is 6.04. The molecule has 3 aromatic rings. The van der Waals surface area contributed by atoms with Crippen molar-refractivity contribution < 1.29 is 14.2 Å². The van der Waals surface area contributed by atoms with Crippen molar-refractivity contribution >= 4 is 23.8 Å². The first-order chi connectivity index (χ1) is 12.8. The summed E-state index contributed by atoms with van der Waals surface area (Å²) in [4.78, 5) is 0. The van der Waals surface area contributed by atoms with E-state index in [0.29, 0.717) is 0 Å². The summed E-state index contributed by atoms with van der Waals surface area (Å²) in [6, 6.07) is 22.9. The van der Waals surface area contributed by atoms with E-state index in [1.165, 1.54) is 21.5 Å². The second kappa shape index (κ2) is 7.39.